The zero-order valence-electron chi connectivity index (χ0n) is 15.2. The van der Waals surface area contributed by atoms with E-state index in [9.17, 15) is 14.4 Å². The fourth-order valence-electron chi connectivity index (χ4n) is 3.59. The second-order valence-corrected chi connectivity index (χ2v) is 7.12. The van der Waals surface area contributed by atoms with Gasteiger partial charge in [0.05, 0.1) is 12.7 Å². The summed E-state index contributed by atoms with van der Waals surface area (Å²) in [6.07, 6.45) is 7.94. The molecule has 0 aromatic carbocycles. The summed E-state index contributed by atoms with van der Waals surface area (Å²) in [7, 11) is 0. The SMILES string of the molecule is CCCCCCN1CC2(CCN(C(=O)c3c[nH]c(=O)cn3)CC2)OC1=O. The van der Waals surface area contributed by atoms with Gasteiger partial charge >= 0.3 is 6.09 Å². The number of unbranched alkanes of at least 4 members (excludes halogenated alkanes) is 3. The molecule has 8 nitrogen and oxygen atoms in total. The first-order chi connectivity index (χ1) is 12.5. The molecule has 0 radical (unpaired) electrons. The average Bonchev–Trinajstić information content (AvgIpc) is 2.94. The summed E-state index contributed by atoms with van der Waals surface area (Å²) in [6, 6.07) is 0. The van der Waals surface area contributed by atoms with E-state index in [1.54, 1.807) is 9.80 Å². The van der Waals surface area contributed by atoms with Crippen LogP contribution >= 0.6 is 0 Å². The maximum absolute atomic E-state index is 12.5. The van der Waals surface area contributed by atoms with Gasteiger partial charge < -0.3 is 19.5 Å². The molecular formula is C18H26N4O4. The van der Waals surface area contributed by atoms with Gasteiger partial charge in [0.2, 0.25) is 0 Å². The molecular weight excluding hydrogens is 336 g/mol. The van der Waals surface area contributed by atoms with Gasteiger partial charge in [-0.05, 0) is 6.42 Å². The van der Waals surface area contributed by atoms with Crippen LogP contribution in [0, 0.1) is 0 Å². The van der Waals surface area contributed by atoms with Gasteiger partial charge in [0.25, 0.3) is 11.5 Å². The number of amides is 2. The molecule has 3 rings (SSSR count). The minimum absolute atomic E-state index is 0.211. The predicted octanol–water partition coefficient (Wildman–Crippen LogP) is 1.78. The number of aromatic nitrogens is 2. The fraction of sp³-hybridized carbons (Fsp3) is 0.667. The third-order valence-corrected chi connectivity index (χ3v) is 5.18. The van der Waals surface area contributed by atoms with Gasteiger partial charge in [-0.1, -0.05) is 26.2 Å². The van der Waals surface area contributed by atoms with Crippen molar-refractivity contribution in [1.29, 1.82) is 0 Å². The average molecular weight is 362 g/mol. The van der Waals surface area contributed by atoms with E-state index in [4.69, 9.17) is 4.74 Å². The molecule has 0 saturated carbocycles. The quantitative estimate of drug-likeness (QED) is 0.778. The Bertz CT molecular complexity index is 689. The zero-order chi connectivity index (χ0) is 18.6. The first-order valence-electron chi connectivity index (χ1n) is 9.35. The van der Waals surface area contributed by atoms with Gasteiger partial charge in [-0.25, -0.2) is 9.78 Å². The van der Waals surface area contributed by atoms with Crippen molar-refractivity contribution in [1.82, 2.24) is 19.8 Å². The van der Waals surface area contributed by atoms with Crippen LogP contribution in [-0.2, 0) is 4.74 Å². The molecule has 8 heteroatoms. The van der Waals surface area contributed by atoms with E-state index in [0.717, 1.165) is 25.6 Å². The van der Waals surface area contributed by atoms with E-state index in [-0.39, 0.29) is 23.3 Å². The molecule has 2 fully saturated rings. The summed E-state index contributed by atoms with van der Waals surface area (Å²) in [5, 5.41) is 0. The third kappa shape index (κ3) is 4.05. The maximum Gasteiger partial charge on any atom is 0.410 e. The van der Waals surface area contributed by atoms with Crippen LogP contribution in [0.15, 0.2) is 17.2 Å². The number of nitrogens with zero attached hydrogens (tertiary/aromatic N) is 3. The number of rotatable bonds is 6. The van der Waals surface area contributed by atoms with E-state index in [0.29, 0.717) is 32.5 Å². The Balaban J connectivity index is 1.53. The van der Waals surface area contributed by atoms with Gasteiger partial charge in [0, 0.05) is 38.7 Å². The van der Waals surface area contributed by atoms with Crippen LogP contribution in [0.3, 0.4) is 0 Å². The summed E-state index contributed by atoms with van der Waals surface area (Å²) in [4.78, 5) is 45.5. The van der Waals surface area contributed by atoms with E-state index < -0.39 is 5.60 Å². The standard InChI is InChI=1S/C18H26N4O4/c1-2-3-4-5-8-22-13-18(26-17(22)25)6-9-21(10-7-18)16(24)14-11-20-15(23)12-19-14/h11-12H,2-10,13H2,1H3,(H,20,23). The Kier molecular flexibility index (Phi) is 5.58. The number of carbonyl (C=O) groups excluding carboxylic acids is 2. The van der Waals surface area contributed by atoms with Crippen LogP contribution in [0.4, 0.5) is 4.79 Å². The number of carbonyl (C=O) groups is 2. The summed E-state index contributed by atoms with van der Waals surface area (Å²) in [6.45, 7) is 4.53. The number of likely N-dealkylation sites (tertiary alicyclic amines) is 1. The Hall–Kier alpha value is -2.38. The van der Waals surface area contributed by atoms with Crippen LogP contribution in [0.1, 0.15) is 55.9 Å². The molecule has 2 amide bonds. The van der Waals surface area contributed by atoms with Crippen LogP contribution in [0.2, 0.25) is 0 Å². The Morgan fingerprint density at radius 2 is 2.04 bits per heavy atom. The molecule has 0 aliphatic carbocycles. The smallest absolute Gasteiger partial charge is 0.410 e. The first kappa shape index (κ1) is 18.4. The summed E-state index contributed by atoms with van der Waals surface area (Å²) < 4.78 is 5.69. The summed E-state index contributed by atoms with van der Waals surface area (Å²) >= 11 is 0. The first-order valence-corrected chi connectivity index (χ1v) is 9.35. The molecule has 1 aromatic rings. The number of piperidine rings is 1. The van der Waals surface area contributed by atoms with Gasteiger partial charge in [-0.3, -0.25) is 9.59 Å². The Morgan fingerprint density at radius 3 is 2.69 bits per heavy atom. The van der Waals surface area contributed by atoms with Crippen molar-refractivity contribution >= 4 is 12.0 Å². The molecule has 2 aliphatic heterocycles. The monoisotopic (exact) mass is 362 g/mol. The van der Waals surface area contributed by atoms with Crippen molar-refractivity contribution in [3.8, 4) is 0 Å². The lowest BCUT2D eigenvalue weighted by Gasteiger charge is -2.37. The van der Waals surface area contributed by atoms with E-state index >= 15 is 0 Å². The largest absolute Gasteiger partial charge is 0.441 e. The van der Waals surface area contributed by atoms with Crippen molar-refractivity contribution in [2.75, 3.05) is 26.2 Å². The predicted molar refractivity (Wildman–Crippen MR) is 94.9 cm³/mol. The second kappa shape index (κ2) is 7.88. The van der Waals surface area contributed by atoms with Gasteiger partial charge in [0.1, 0.15) is 11.3 Å². The van der Waals surface area contributed by atoms with Crippen molar-refractivity contribution in [3.63, 3.8) is 0 Å². The number of nitrogens with one attached hydrogen (secondary N) is 1. The van der Waals surface area contributed by atoms with Crippen LogP contribution < -0.4 is 5.56 Å². The molecule has 3 heterocycles. The highest BCUT2D eigenvalue weighted by Crippen LogP contribution is 2.33. The van der Waals surface area contributed by atoms with E-state index in [1.807, 2.05) is 0 Å². The lowest BCUT2D eigenvalue weighted by molar-refractivity contribution is 0.00295. The van der Waals surface area contributed by atoms with Crippen molar-refractivity contribution in [3.05, 3.63) is 28.4 Å². The van der Waals surface area contributed by atoms with Crippen molar-refractivity contribution < 1.29 is 14.3 Å². The van der Waals surface area contributed by atoms with Crippen molar-refractivity contribution in [2.24, 2.45) is 0 Å². The maximum atomic E-state index is 12.5. The topological polar surface area (TPSA) is 95.6 Å². The highest BCUT2D eigenvalue weighted by molar-refractivity contribution is 5.92. The number of aromatic amines is 1. The van der Waals surface area contributed by atoms with E-state index in [2.05, 4.69) is 16.9 Å². The molecule has 0 unspecified atom stereocenters. The molecule has 1 N–H and O–H groups in total. The molecule has 26 heavy (non-hydrogen) atoms. The second-order valence-electron chi connectivity index (χ2n) is 7.12. The molecule has 2 aliphatic rings. The fourth-order valence-corrected chi connectivity index (χ4v) is 3.59. The van der Waals surface area contributed by atoms with E-state index in [1.165, 1.54) is 19.0 Å². The van der Waals surface area contributed by atoms with Gasteiger partial charge in [0.15, 0.2) is 0 Å². The molecule has 1 spiro atoms. The normalized spacial score (nSPS) is 19.0. The number of hydrogen-bond donors (Lipinski definition) is 1. The summed E-state index contributed by atoms with van der Waals surface area (Å²) in [5.74, 6) is -0.211. The molecule has 1 aromatic heterocycles. The lowest BCUT2D eigenvalue weighted by atomic mass is 9.91. The van der Waals surface area contributed by atoms with Crippen LogP contribution in [-0.4, -0.2) is 63.5 Å². The molecule has 142 valence electrons. The molecule has 0 atom stereocenters. The highest BCUT2D eigenvalue weighted by atomic mass is 16.6. The third-order valence-electron chi connectivity index (χ3n) is 5.18. The zero-order valence-corrected chi connectivity index (χ0v) is 15.2. The highest BCUT2D eigenvalue weighted by Gasteiger charge is 2.47. The molecule has 0 bridgehead atoms. The Morgan fingerprint density at radius 1 is 1.27 bits per heavy atom. The lowest BCUT2D eigenvalue weighted by Crippen LogP contribution is -2.49. The van der Waals surface area contributed by atoms with Crippen LogP contribution in [0.5, 0.6) is 0 Å². The minimum atomic E-state index is -0.475. The van der Waals surface area contributed by atoms with Gasteiger partial charge in [-0.15, -0.1) is 0 Å². The minimum Gasteiger partial charge on any atom is -0.441 e. The van der Waals surface area contributed by atoms with Crippen molar-refractivity contribution in [2.45, 2.75) is 51.0 Å². The van der Waals surface area contributed by atoms with Crippen LogP contribution in [0.25, 0.3) is 0 Å². The Labute approximate surface area is 152 Å². The molecule has 2 saturated heterocycles. The number of H-pyrrole nitrogens is 1. The number of ether oxygens (including phenoxy) is 1. The van der Waals surface area contributed by atoms with Gasteiger partial charge in [-0.2, -0.15) is 0 Å². The number of hydrogen-bond acceptors (Lipinski definition) is 5. The summed E-state index contributed by atoms with van der Waals surface area (Å²) in [5.41, 5.74) is -0.589.